The van der Waals surface area contributed by atoms with Gasteiger partial charge in [0.15, 0.2) is 0 Å². The fraction of sp³-hybridized carbons (Fsp3) is 0.324. The zero-order chi connectivity index (χ0) is 35.5. The van der Waals surface area contributed by atoms with Crippen LogP contribution in [0.3, 0.4) is 0 Å². The fourth-order valence-electron chi connectivity index (χ4n) is 5.65. The van der Waals surface area contributed by atoms with Crippen molar-refractivity contribution in [2.75, 3.05) is 31.7 Å². The third-order valence-electron chi connectivity index (χ3n) is 8.95. The highest BCUT2D eigenvalue weighted by Gasteiger charge is 2.58. The summed E-state index contributed by atoms with van der Waals surface area (Å²) < 4.78 is 69.2. The average Bonchev–Trinajstić information content (AvgIpc) is 3.39. The summed E-state index contributed by atoms with van der Waals surface area (Å²) in [5, 5.41) is 16.7. The van der Waals surface area contributed by atoms with Crippen molar-refractivity contribution in [3.05, 3.63) is 82.9 Å². The van der Waals surface area contributed by atoms with Gasteiger partial charge in [-0.25, -0.2) is 9.37 Å². The van der Waals surface area contributed by atoms with Crippen LogP contribution >= 0.6 is 0 Å². The van der Waals surface area contributed by atoms with E-state index in [1.165, 1.54) is 31.2 Å². The van der Waals surface area contributed by atoms with E-state index in [1.54, 1.807) is 26.1 Å². The van der Waals surface area contributed by atoms with Crippen molar-refractivity contribution in [3.8, 4) is 17.0 Å². The van der Waals surface area contributed by atoms with E-state index in [1.807, 2.05) is 0 Å². The smallest absolute Gasteiger partial charge is 0.424 e. The number of pyridine rings is 2. The van der Waals surface area contributed by atoms with Crippen LogP contribution < -0.4 is 21.1 Å². The minimum atomic E-state index is -5.41. The van der Waals surface area contributed by atoms with Gasteiger partial charge in [-0.3, -0.25) is 19.4 Å². The molecule has 2 aromatic heterocycles. The zero-order valence-electron chi connectivity index (χ0n) is 26.5. The van der Waals surface area contributed by atoms with Gasteiger partial charge in [0.1, 0.15) is 29.3 Å². The number of nitrogens with one attached hydrogen (secondary N) is 2. The molecule has 3 amide bonds. The van der Waals surface area contributed by atoms with Crippen molar-refractivity contribution in [2.24, 2.45) is 11.1 Å². The zero-order valence-corrected chi connectivity index (χ0v) is 26.5. The second-order valence-corrected chi connectivity index (χ2v) is 12.9. The summed E-state index contributed by atoms with van der Waals surface area (Å²) in [7, 11) is 0. The van der Waals surface area contributed by atoms with Gasteiger partial charge in [0.05, 0.1) is 42.1 Å². The molecule has 4 aromatic rings. The van der Waals surface area contributed by atoms with Gasteiger partial charge in [0.2, 0.25) is 17.4 Å². The largest absolute Gasteiger partial charge is 0.489 e. The van der Waals surface area contributed by atoms with Gasteiger partial charge in [-0.2, -0.15) is 13.2 Å². The molecule has 0 aliphatic carbocycles. The monoisotopic (exact) mass is 681 g/mol. The first kappa shape index (κ1) is 33.7. The lowest BCUT2D eigenvalue weighted by molar-refractivity contribution is -0.265. The summed E-state index contributed by atoms with van der Waals surface area (Å²) in [5.41, 5.74) is -0.577. The lowest BCUT2D eigenvalue weighted by atomic mass is 9.81. The van der Waals surface area contributed by atoms with Crippen LogP contribution in [0.4, 0.5) is 23.2 Å². The van der Waals surface area contributed by atoms with Gasteiger partial charge in [0.25, 0.3) is 5.91 Å². The lowest BCUT2D eigenvalue weighted by Crippen LogP contribution is -2.52. The summed E-state index contributed by atoms with van der Waals surface area (Å²) in [6, 6.07) is 9.88. The third-order valence-corrected chi connectivity index (χ3v) is 8.95. The third kappa shape index (κ3) is 5.82. The molecule has 0 spiro atoms. The molecule has 2 aliphatic heterocycles. The van der Waals surface area contributed by atoms with E-state index in [-0.39, 0.29) is 53.6 Å². The van der Waals surface area contributed by atoms with E-state index >= 15 is 0 Å². The van der Waals surface area contributed by atoms with E-state index in [0.29, 0.717) is 10.9 Å². The molecule has 2 atom stereocenters. The predicted molar refractivity (Wildman–Crippen MR) is 168 cm³/mol. The number of primary amides is 1. The number of alkyl halides is 3. The maximum Gasteiger partial charge on any atom is 0.424 e. The number of aryl methyl sites for hydroxylation is 1. The van der Waals surface area contributed by atoms with Crippen LogP contribution in [-0.2, 0) is 25.3 Å². The van der Waals surface area contributed by atoms with Gasteiger partial charge >= 0.3 is 6.18 Å². The van der Waals surface area contributed by atoms with Crippen molar-refractivity contribution < 1.29 is 46.5 Å². The number of aliphatic hydroxyl groups is 1. The van der Waals surface area contributed by atoms with Crippen LogP contribution in [0.25, 0.3) is 22.2 Å². The van der Waals surface area contributed by atoms with E-state index in [4.69, 9.17) is 15.2 Å². The van der Waals surface area contributed by atoms with Crippen LogP contribution in [0.1, 0.15) is 41.0 Å². The van der Waals surface area contributed by atoms with Crippen molar-refractivity contribution in [1.82, 2.24) is 15.3 Å². The first-order valence-electron chi connectivity index (χ1n) is 15.1. The molecular formula is C34H31F4N5O6. The van der Waals surface area contributed by atoms with Crippen LogP contribution in [-0.4, -0.2) is 65.3 Å². The number of ether oxygens (including phenoxy) is 2. The quantitative estimate of drug-likeness (QED) is 0.203. The topological polar surface area (TPSA) is 166 Å². The van der Waals surface area contributed by atoms with Gasteiger partial charge in [-0.1, -0.05) is 0 Å². The molecule has 0 radical (unpaired) electrons. The number of halogens is 4. The Balaban J connectivity index is 1.39. The Morgan fingerprint density at radius 2 is 1.73 bits per heavy atom. The molecule has 0 saturated carbocycles. The van der Waals surface area contributed by atoms with E-state index in [9.17, 15) is 37.1 Å². The Hall–Kier alpha value is -5.15. The van der Waals surface area contributed by atoms with Crippen molar-refractivity contribution in [2.45, 2.75) is 38.0 Å². The molecule has 0 unspecified atom stereocenters. The number of hydrogen-bond donors (Lipinski definition) is 4. The van der Waals surface area contributed by atoms with E-state index in [2.05, 4.69) is 20.6 Å². The number of nitrogens with zero attached hydrogens (tertiary/aromatic N) is 2. The standard InChI is InChI=1S/C34H31F4N5O6/c1-17-8-19-9-20(10-23(25(19)40-12-17)42-30(46)31(2)14-48-15-31)28(44)41-13-33(47,34(36,37)38)24-11-22-27(49-16-32(22,3)29(39)45)26(43-24)18-4-6-21(35)7-5-18/h4-12,47H,13-16H2,1-3H3,(H2,39,45)(H,41,44)(H,42,46)/t32-,33-/m0/s1. The van der Waals surface area contributed by atoms with Crippen LogP contribution in [0.15, 0.2) is 54.7 Å². The predicted octanol–water partition coefficient (Wildman–Crippen LogP) is 4.03. The molecule has 6 rings (SSSR count). The average molecular weight is 682 g/mol. The number of fused-ring (bicyclic) bond motifs is 2. The number of aromatic nitrogens is 2. The van der Waals surface area contributed by atoms with Crippen molar-refractivity contribution in [3.63, 3.8) is 0 Å². The fourth-order valence-corrected chi connectivity index (χ4v) is 5.65. The molecular weight excluding hydrogens is 650 g/mol. The van der Waals surface area contributed by atoms with Gasteiger partial charge in [0, 0.05) is 28.3 Å². The summed E-state index contributed by atoms with van der Waals surface area (Å²) >= 11 is 0. The normalized spacial score (nSPS) is 19.3. The van der Waals surface area contributed by atoms with E-state index < -0.39 is 58.4 Å². The summed E-state index contributed by atoms with van der Waals surface area (Å²) in [6.07, 6.45) is -3.85. The number of carbonyl (C=O) groups is 3. The van der Waals surface area contributed by atoms with Crippen molar-refractivity contribution >= 4 is 34.3 Å². The SMILES string of the molecule is Cc1cnc2c(NC(=O)C3(C)COC3)cc(C(=O)NC[C@](O)(c3cc4c(c(-c5ccc(F)cc5)n3)OC[C@]4(C)C(N)=O)C(F)(F)F)cc2c1. The summed E-state index contributed by atoms with van der Waals surface area (Å²) in [5.74, 6) is -2.98. The highest BCUT2D eigenvalue weighted by Crippen LogP contribution is 2.47. The molecule has 15 heteroatoms. The lowest BCUT2D eigenvalue weighted by Gasteiger charge is -2.36. The molecule has 0 bridgehead atoms. The Labute approximate surface area is 276 Å². The minimum Gasteiger partial charge on any atom is -0.489 e. The molecule has 5 N–H and O–H groups in total. The molecule has 4 heterocycles. The Morgan fingerprint density at radius 1 is 1.04 bits per heavy atom. The Morgan fingerprint density at radius 3 is 2.35 bits per heavy atom. The highest BCUT2D eigenvalue weighted by molar-refractivity contribution is 6.07. The maximum absolute atomic E-state index is 14.9. The number of anilines is 1. The van der Waals surface area contributed by atoms with Crippen molar-refractivity contribution in [1.29, 1.82) is 0 Å². The molecule has 1 fully saturated rings. The van der Waals surface area contributed by atoms with Gasteiger partial charge in [-0.15, -0.1) is 0 Å². The van der Waals surface area contributed by atoms with Crippen LogP contribution in [0.5, 0.6) is 5.75 Å². The Bertz CT molecular complexity index is 2020. The molecule has 11 nitrogen and oxygen atoms in total. The number of rotatable bonds is 8. The maximum atomic E-state index is 14.9. The number of nitrogens with two attached hydrogens (primary N) is 1. The molecule has 49 heavy (non-hydrogen) atoms. The first-order chi connectivity index (χ1) is 22.9. The number of carbonyl (C=O) groups excluding carboxylic acids is 3. The molecule has 2 aliphatic rings. The van der Waals surface area contributed by atoms with Crippen LogP contribution in [0.2, 0.25) is 0 Å². The Kier molecular flexibility index (Phi) is 8.10. The number of hydrogen-bond acceptors (Lipinski definition) is 8. The van der Waals surface area contributed by atoms with Gasteiger partial charge < -0.3 is 30.9 Å². The summed E-state index contributed by atoms with van der Waals surface area (Å²) in [4.78, 5) is 47.5. The second kappa shape index (κ2) is 11.8. The van der Waals surface area contributed by atoms with Crippen LogP contribution in [0, 0.1) is 18.2 Å². The number of amides is 3. The highest BCUT2D eigenvalue weighted by atomic mass is 19.4. The minimum absolute atomic E-state index is 0.0535. The summed E-state index contributed by atoms with van der Waals surface area (Å²) in [6.45, 7) is 3.48. The number of benzene rings is 2. The first-order valence-corrected chi connectivity index (χ1v) is 15.1. The van der Waals surface area contributed by atoms with Gasteiger partial charge in [-0.05, 0) is 74.9 Å². The van der Waals surface area contributed by atoms with E-state index in [0.717, 1.165) is 23.8 Å². The second-order valence-electron chi connectivity index (χ2n) is 12.9. The molecule has 2 aromatic carbocycles. The molecule has 256 valence electrons. The molecule has 1 saturated heterocycles.